The second-order valence-corrected chi connectivity index (χ2v) is 10.3. The molecule has 0 aliphatic carbocycles. The van der Waals surface area contributed by atoms with Gasteiger partial charge in [-0.2, -0.15) is 0 Å². The molecule has 5 rings (SSSR count). The Balaban J connectivity index is 1.49. The van der Waals surface area contributed by atoms with Crippen LogP contribution >= 0.6 is 0 Å². The maximum atomic E-state index is 15.2. The van der Waals surface area contributed by atoms with E-state index in [0.717, 1.165) is 53.7 Å². The summed E-state index contributed by atoms with van der Waals surface area (Å²) in [4.78, 5) is 27.3. The third-order valence-electron chi connectivity index (χ3n) is 8.01. The Labute approximate surface area is 199 Å². The molecule has 0 bridgehead atoms. The van der Waals surface area contributed by atoms with Gasteiger partial charge in [-0.3, -0.25) is 9.79 Å². The molecule has 2 aromatic heterocycles. The first-order valence-corrected chi connectivity index (χ1v) is 12.0. The van der Waals surface area contributed by atoms with Crippen LogP contribution in [0.3, 0.4) is 0 Å². The lowest BCUT2D eigenvalue weighted by atomic mass is 9.71. The SMILES string of the molecule is CC1=Nc2c(F)cc(-c3c[nH]c4ncc(NC(=O)C5CCN(C)CC5)cc34)cc2C1(C)C(C)C. The number of aromatic amines is 1. The first-order chi connectivity index (χ1) is 16.2. The summed E-state index contributed by atoms with van der Waals surface area (Å²) in [5.41, 5.74) is 4.98. The number of likely N-dealkylation sites (tertiary alicyclic amines) is 1. The van der Waals surface area contributed by atoms with Crippen molar-refractivity contribution in [1.29, 1.82) is 0 Å². The molecule has 1 aromatic carbocycles. The largest absolute Gasteiger partial charge is 0.346 e. The number of hydrogen-bond donors (Lipinski definition) is 2. The van der Waals surface area contributed by atoms with Crippen LogP contribution in [0.15, 0.2) is 35.6 Å². The Morgan fingerprint density at radius 2 is 2.00 bits per heavy atom. The van der Waals surface area contributed by atoms with E-state index in [9.17, 15) is 4.79 Å². The maximum Gasteiger partial charge on any atom is 0.227 e. The maximum absolute atomic E-state index is 15.2. The van der Waals surface area contributed by atoms with Crippen LogP contribution in [-0.2, 0) is 10.2 Å². The van der Waals surface area contributed by atoms with E-state index in [2.05, 4.69) is 59.1 Å². The quantitative estimate of drug-likeness (QED) is 0.526. The number of piperidine rings is 1. The van der Waals surface area contributed by atoms with Gasteiger partial charge in [0.2, 0.25) is 5.91 Å². The molecular weight excluding hydrogens is 429 g/mol. The molecule has 7 heteroatoms. The molecule has 178 valence electrons. The highest BCUT2D eigenvalue weighted by Gasteiger charge is 2.41. The van der Waals surface area contributed by atoms with E-state index in [1.165, 1.54) is 0 Å². The molecule has 0 saturated carbocycles. The zero-order chi connectivity index (χ0) is 24.2. The van der Waals surface area contributed by atoms with E-state index in [-0.39, 0.29) is 29.0 Å². The fourth-order valence-electron chi connectivity index (χ4n) is 5.30. The summed E-state index contributed by atoms with van der Waals surface area (Å²) in [6, 6.07) is 5.54. The number of aromatic nitrogens is 2. The van der Waals surface area contributed by atoms with E-state index in [1.807, 2.05) is 19.2 Å². The molecule has 2 aliphatic rings. The Morgan fingerprint density at radius 1 is 1.26 bits per heavy atom. The number of carbonyl (C=O) groups is 1. The van der Waals surface area contributed by atoms with Gasteiger partial charge in [-0.15, -0.1) is 0 Å². The Morgan fingerprint density at radius 3 is 2.71 bits per heavy atom. The average molecular weight is 462 g/mol. The van der Waals surface area contributed by atoms with Gasteiger partial charge in [-0.1, -0.05) is 13.8 Å². The van der Waals surface area contributed by atoms with Crippen molar-refractivity contribution >= 4 is 34.0 Å². The fourth-order valence-corrected chi connectivity index (χ4v) is 5.30. The van der Waals surface area contributed by atoms with Gasteiger partial charge in [-0.05, 0) is 82.1 Å². The molecule has 1 amide bonds. The number of nitrogens with zero attached hydrogens (tertiary/aromatic N) is 3. The number of rotatable bonds is 4. The lowest BCUT2D eigenvalue weighted by Crippen LogP contribution is -2.35. The van der Waals surface area contributed by atoms with Crippen molar-refractivity contribution in [3.05, 3.63) is 42.0 Å². The third kappa shape index (κ3) is 3.63. The summed E-state index contributed by atoms with van der Waals surface area (Å²) in [5.74, 6) is 0.0130. The van der Waals surface area contributed by atoms with Crippen LogP contribution < -0.4 is 5.32 Å². The molecule has 0 spiro atoms. The smallest absolute Gasteiger partial charge is 0.227 e. The number of aliphatic imine (C=N–C) groups is 1. The number of pyridine rings is 1. The van der Waals surface area contributed by atoms with Crippen LogP contribution in [0.4, 0.5) is 15.8 Å². The number of amides is 1. The monoisotopic (exact) mass is 461 g/mol. The van der Waals surface area contributed by atoms with Gasteiger partial charge in [0.05, 0.1) is 11.9 Å². The molecule has 1 atom stereocenters. The van der Waals surface area contributed by atoms with Crippen LogP contribution in [-0.4, -0.2) is 46.6 Å². The van der Waals surface area contributed by atoms with Gasteiger partial charge < -0.3 is 15.2 Å². The summed E-state index contributed by atoms with van der Waals surface area (Å²) < 4.78 is 15.2. The number of nitrogens with one attached hydrogen (secondary N) is 2. The van der Waals surface area contributed by atoms with E-state index in [1.54, 1.807) is 12.3 Å². The first-order valence-electron chi connectivity index (χ1n) is 12.0. The zero-order valence-electron chi connectivity index (χ0n) is 20.5. The van der Waals surface area contributed by atoms with Crippen molar-refractivity contribution in [2.75, 3.05) is 25.5 Å². The van der Waals surface area contributed by atoms with Crippen molar-refractivity contribution in [2.24, 2.45) is 16.8 Å². The molecule has 34 heavy (non-hydrogen) atoms. The van der Waals surface area contributed by atoms with Crippen LogP contribution in [0.25, 0.3) is 22.2 Å². The molecule has 0 radical (unpaired) electrons. The summed E-state index contributed by atoms with van der Waals surface area (Å²) >= 11 is 0. The minimum Gasteiger partial charge on any atom is -0.346 e. The lowest BCUT2D eigenvalue weighted by Gasteiger charge is -2.31. The van der Waals surface area contributed by atoms with Crippen molar-refractivity contribution in [2.45, 2.75) is 46.0 Å². The highest BCUT2D eigenvalue weighted by molar-refractivity contribution is 6.02. The molecule has 1 saturated heterocycles. The molecule has 4 heterocycles. The second kappa shape index (κ2) is 8.31. The van der Waals surface area contributed by atoms with E-state index in [4.69, 9.17) is 0 Å². The van der Waals surface area contributed by atoms with Gasteiger partial charge in [-0.25, -0.2) is 9.37 Å². The van der Waals surface area contributed by atoms with Crippen LogP contribution in [0, 0.1) is 17.7 Å². The number of anilines is 1. The standard InChI is InChI=1S/C27H32FN5O/c1-15(2)27(4)16(3)31-24-22(27)10-18(11-23(24)28)21-14-30-25-20(21)12-19(13-29-25)32-26(34)17-6-8-33(5)9-7-17/h10-15,17H,6-9H2,1-5H3,(H,29,30)(H,32,34). The highest BCUT2D eigenvalue weighted by Crippen LogP contribution is 2.48. The number of benzene rings is 1. The van der Waals surface area contributed by atoms with E-state index in [0.29, 0.717) is 17.0 Å². The molecule has 2 N–H and O–H groups in total. The minimum absolute atomic E-state index is 0.0142. The molecule has 2 aliphatic heterocycles. The molecular formula is C27H32FN5O. The van der Waals surface area contributed by atoms with Gasteiger partial charge in [0.1, 0.15) is 17.2 Å². The summed E-state index contributed by atoms with van der Waals surface area (Å²) in [6.45, 7) is 10.3. The number of H-pyrrole nitrogens is 1. The predicted molar refractivity (Wildman–Crippen MR) is 135 cm³/mol. The first kappa shape index (κ1) is 22.7. The van der Waals surface area contributed by atoms with Gasteiger partial charge in [0.25, 0.3) is 0 Å². The number of hydrogen-bond acceptors (Lipinski definition) is 4. The molecule has 1 fully saturated rings. The third-order valence-corrected chi connectivity index (χ3v) is 8.01. The molecule has 6 nitrogen and oxygen atoms in total. The second-order valence-electron chi connectivity index (χ2n) is 10.3. The predicted octanol–water partition coefficient (Wildman–Crippen LogP) is 5.67. The van der Waals surface area contributed by atoms with Crippen LogP contribution in [0.2, 0.25) is 0 Å². The van der Waals surface area contributed by atoms with Crippen molar-refractivity contribution in [1.82, 2.24) is 14.9 Å². The van der Waals surface area contributed by atoms with Crippen molar-refractivity contribution in [3.8, 4) is 11.1 Å². The Bertz CT molecular complexity index is 1300. The van der Waals surface area contributed by atoms with Gasteiger partial charge in [0, 0.05) is 34.2 Å². The topological polar surface area (TPSA) is 73.4 Å². The molecule has 3 aromatic rings. The lowest BCUT2D eigenvalue weighted by molar-refractivity contribution is -0.121. The molecule has 1 unspecified atom stereocenters. The summed E-state index contributed by atoms with van der Waals surface area (Å²) in [7, 11) is 2.08. The highest BCUT2D eigenvalue weighted by atomic mass is 19.1. The van der Waals surface area contributed by atoms with Crippen LogP contribution in [0.5, 0.6) is 0 Å². The van der Waals surface area contributed by atoms with E-state index < -0.39 is 0 Å². The number of halogens is 1. The number of fused-ring (bicyclic) bond motifs is 2. The summed E-state index contributed by atoms with van der Waals surface area (Å²) in [5, 5.41) is 3.90. The normalized spacial score (nSPS) is 21.2. The van der Waals surface area contributed by atoms with Gasteiger partial charge >= 0.3 is 0 Å². The zero-order valence-corrected chi connectivity index (χ0v) is 20.5. The number of carbonyl (C=O) groups excluding carboxylic acids is 1. The fraction of sp³-hybridized carbons (Fsp3) is 0.444. The van der Waals surface area contributed by atoms with E-state index >= 15 is 4.39 Å². The summed E-state index contributed by atoms with van der Waals surface area (Å²) in [6.07, 6.45) is 5.25. The Kier molecular flexibility index (Phi) is 5.55. The van der Waals surface area contributed by atoms with Gasteiger partial charge in [0.15, 0.2) is 0 Å². The van der Waals surface area contributed by atoms with Crippen molar-refractivity contribution in [3.63, 3.8) is 0 Å². The average Bonchev–Trinajstić information content (AvgIpc) is 3.34. The minimum atomic E-state index is -0.316. The van der Waals surface area contributed by atoms with Crippen LogP contribution in [0.1, 0.15) is 46.1 Å². The Hall–Kier alpha value is -3.06. The van der Waals surface area contributed by atoms with Crippen molar-refractivity contribution < 1.29 is 9.18 Å².